The van der Waals surface area contributed by atoms with Crippen LogP contribution in [0.5, 0.6) is 0 Å². The number of carbonyl (C=O) groups is 1. The number of aromatic nitrogens is 2. The Labute approximate surface area is 203 Å². The van der Waals surface area contributed by atoms with E-state index in [1.165, 1.54) is 41.9 Å². The molecule has 4 rings (SSSR count). The third-order valence-electron chi connectivity index (χ3n) is 5.18. The first-order valence-corrected chi connectivity index (χ1v) is 12.9. The minimum absolute atomic E-state index is 0.0434. The number of halogens is 1. The summed E-state index contributed by atoms with van der Waals surface area (Å²) in [6.07, 6.45) is 0. The monoisotopic (exact) mass is 518 g/mol. The first kappa shape index (κ1) is 23.9. The van der Waals surface area contributed by atoms with Gasteiger partial charge in [0.25, 0.3) is 5.56 Å². The van der Waals surface area contributed by atoms with Gasteiger partial charge in [0, 0.05) is 18.6 Å². The normalized spacial score (nSPS) is 11.6. The Balaban J connectivity index is 1.60. The second-order valence-corrected chi connectivity index (χ2v) is 11.0. The van der Waals surface area contributed by atoms with Crippen LogP contribution in [-0.2, 0) is 34.8 Å². The predicted molar refractivity (Wildman–Crippen MR) is 130 cm³/mol. The quantitative estimate of drug-likeness (QED) is 0.348. The van der Waals surface area contributed by atoms with E-state index in [2.05, 4.69) is 0 Å². The molecule has 0 radical (unpaired) electrons. The predicted octanol–water partition coefficient (Wildman–Crippen LogP) is 3.25. The molecule has 176 valence electrons. The van der Waals surface area contributed by atoms with E-state index in [0.29, 0.717) is 9.85 Å². The molecule has 2 heterocycles. The minimum atomic E-state index is -3.75. The fraction of sp³-hybridized carbons (Fsp3) is 0.174. The van der Waals surface area contributed by atoms with Crippen molar-refractivity contribution in [2.24, 2.45) is 7.05 Å². The standard InChI is InChI=1S/C23H19ClN2O6S2/c1-25-21-18(13-19(33-21)22(28)32-14-15-5-3-2-4-6-15)20(27)26(23(25)29)11-12-34(30,31)17-9-7-16(24)8-10-17/h2-10,13H,11-12,14H2,1H3. The summed E-state index contributed by atoms with van der Waals surface area (Å²) in [5.74, 6) is -1.07. The molecule has 0 atom stereocenters. The van der Waals surface area contributed by atoms with Gasteiger partial charge >= 0.3 is 11.7 Å². The third-order valence-corrected chi connectivity index (χ3v) is 8.33. The molecule has 0 N–H and O–H groups in total. The average molecular weight is 519 g/mol. The van der Waals surface area contributed by atoms with E-state index in [0.717, 1.165) is 21.5 Å². The van der Waals surface area contributed by atoms with Crippen molar-refractivity contribution in [2.45, 2.75) is 18.0 Å². The number of esters is 1. The molecule has 4 aromatic rings. The summed E-state index contributed by atoms with van der Waals surface area (Å²) in [5.41, 5.74) is -0.522. The van der Waals surface area contributed by atoms with E-state index in [1.807, 2.05) is 30.3 Å². The lowest BCUT2D eigenvalue weighted by molar-refractivity contribution is 0.0478. The van der Waals surface area contributed by atoms with Crippen molar-refractivity contribution in [1.29, 1.82) is 0 Å². The van der Waals surface area contributed by atoms with Gasteiger partial charge in [-0.3, -0.25) is 13.9 Å². The highest BCUT2D eigenvalue weighted by Gasteiger charge is 2.21. The highest BCUT2D eigenvalue weighted by atomic mass is 35.5. The Hall–Kier alpha value is -3.21. The van der Waals surface area contributed by atoms with Crippen molar-refractivity contribution in [3.8, 4) is 0 Å². The van der Waals surface area contributed by atoms with Crippen molar-refractivity contribution in [1.82, 2.24) is 9.13 Å². The third kappa shape index (κ3) is 4.84. The van der Waals surface area contributed by atoms with Crippen molar-refractivity contribution >= 4 is 49.0 Å². The van der Waals surface area contributed by atoms with E-state index < -0.39 is 32.8 Å². The number of carbonyl (C=O) groups excluding carboxylic acids is 1. The van der Waals surface area contributed by atoms with E-state index in [9.17, 15) is 22.8 Å². The van der Waals surface area contributed by atoms with Crippen molar-refractivity contribution in [3.05, 3.63) is 97.0 Å². The number of thiophene rings is 1. The lowest BCUT2D eigenvalue weighted by atomic mass is 10.2. The van der Waals surface area contributed by atoms with Gasteiger partial charge in [0.05, 0.1) is 16.0 Å². The SMILES string of the molecule is Cn1c(=O)n(CCS(=O)(=O)c2ccc(Cl)cc2)c(=O)c2cc(C(=O)OCc3ccccc3)sc21. The maximum absolute atomic E-state index is 13.0. The fourth-order valence-corrected chi connectivity index (χ4v) is 5.68. The van der Waals surface area contributed by atoms with Gasteiger partial charge in [0.2, 0.25) is 0 Å². The Kier molecular flexibility index (Phi) is 6.74. The van der Waals surface area contributed by atoms with Crippen LogP contribution in [0, 0.1) is 0 Å². The van der Waals surface area contributed by atoms with E-state index >= 15 is 0 Å². The largest absolute Gasteiger partial charge is 0.457 e. The molecule has 34 heavy (non-hydrogen) atoms. The average Bonchev–Trinajstić information content (AvgIpc) is 3.28. The van der Waals surface area contributed by atoms with Crippen molar-refractivity contribution in [3.63, 3.8) is 0 Å². The molecule has 11 heteroatoms. The number of fused-ring (bicyclic) bond motifs is 1. The summed E-state index contributed by atoms with van der Waals surface area (Å²) in [5, 5.41) is 0.535. The molecular weight excluding hydrogens is 500 g/mol. The Morgan fingerprint density at radius 2 is 1.74 bits per heavy atom. The second kappa shape index (κ2) is 9.57. The Morgan fingerprint density at radius 3 is 2.41 bits per heavy atom. The summed E-state index contributed by atoms with van der Waals surface area (Å²) in [6.45, 7) is -0.268. The van der Waals surface area contributed by atoms with Gasteiger partial charge in [-0.25, -0.2) is 18.0 Å². The van der Waals surface area contributed by atoms with E-state index in [1.54, 1.807) is 0 Å². The molecule has 2 aromatic heterocycles. The molecule has 0 aliphatic rings. The summed E-state index contributed by atoms with van der Waals surface area (Å²) >= 11 is 6.78. The zero-order valence-corrected chi connectivity index (χ0v) is 20.3. The number of aryl methyl sites for hydroxylation is 1. The Bertz CT molecular complexity index is 1590. The molecule has 0 aliphatic heterocycles. The molecule has 0 amide bonds. The minimum Gasteiger partial charge on any atom is -0.457 e. The van der Waals surface area contributed by atoms with Gasteiger partial charge in [-0.1, -0.05) is 41.9 Å². The van der Waals surface area contributed by atoms with Gasteiger partial charge in [0.15, 0.2) is 9.84 Å². The number of hydrogen-bond donors (Lipinski definition) is 0. The molecule has 0 bridgehead atoms. The van der Waals surface area contributed by atoms with Crippen LogP contribution in [0.2, 0.25) is 5.02 Å². The maximum Gasteiger partial charge on any atom is 0.348 e. The van der Waals surface area contributed by atoms with Crippen LogP contribution in [0.3, 0.4) is 0 Å². The summed E-state index contributed by atoms with van der Waals surface area (Å²) in [6, 6.07) is 16.2. The van der Waals surface area contributed by atoms with Crippen LogP contribution in [0.4, 0.5) is 0 Å². The number of rotatable bonds is 7. The van der Waals surface area contributed by atoms with Crippen LogP contribution < -0.4 is 11.2 Å². The van der Waals surface area contributed by atoms with Crippen molar-refractivity contribution < 1.29 is 17.9 Å². The second-order valence-electron chi connectivity index (χ2n) is 7.46. The highest BCUT2D eigenvalue weighted by molar-refractivity contribution is 7.91. The summed E-state index contributed by atoms with van der Waals surface area (Å²) in [7, 11) is -2.29. The molecule has 0 unspecified atom stereocenters. The summed E-state index contributed by atoms with van der Waals surface area (Å²) < 4.78 is 32.7. The van der Waals surface area contributed by atoms with Gasteiger partial charge in [-0.05, 0) is 35.9 Å². The lowest BCUT2D eigenvalue weighted by Gasteiger charge is -2.09. The van der Waals surface area contributed by atoms with Gasteiger partial charge in [-0.15, -0.1) is 11.3 Å². The van der Waals surface area contributed by atoms with Crippen molar-refractivity contribution in [2.75, 3.05) is 5.75 Å². The highest BCUT2D eigenvalue weighted by Crippen LogP contribution is 2.23. The van der Waals surface area contributed by atoms with Gasteiger partial charge in [0.1, 0.15) is 16.3 Å². The number of hydrogen-bond acceptors (Lipinski definition) is 7. The van der Waals surface area contributed by atoms with Crippen LogP contribution in [0.25, 0.3) is 10.2 Å². The fourth-order valence-electron chi connectivity index (χ4n) is 3.35. The zero-order chi connectivity index (χ0) is 24.5. The van der Waals surface area contributed by atoms with Crippen LogP contribution in [-0.4, -0.2) is 29.3 Å². The topological polar surface area (TPSA) is 104 Å². The molecular formula is C23H19ClN2O6S2. The number of benzene rings is 2. The lowest BCUT2D eigenvalue weighted by Crippen LogP contribution is -2.40. The first-order chi connectivity index (χ1) is 16.2. The molecule has 0 saturated heterocycles. The van der Waals surface area contributed by atoms with Gasteiger partial charge in [-0.2, -0.15) is 0 Å². The molecule has 0 saturated carbocycles. The van der Waals surface area contributed by atoms with Gasteiger partial charge < -0.3 is 4.74 Å². The number of sulfone groups is 1. The maximum atomic E-state index is 13.0. The van der Waals surface area contributed by atoms with Crippen LogP contribution in [0.15, 0.2) is 75.1 Å². The van der Waals surface area contributed by atoms with Crippen LogP contribution in [0.1, 0.15) is 15.2 Å². The summed E-state index contributed by atoms with van der Waals surface area (Å²) in [4.78, 5) is 38.8. The number of nitrogens with zero attached hydrogens (tertiary/aromatic N) is 2. The van der Waals surface area contributed by atoms with E-state index in [-0.39, 0.29) is 28.3 Å². The molecule has 0 fully saturated rings. The molecule has 0 spiro atoms. The molecule has 2 aromatic carbocycles. The van der Waals surface area contributed by atoms with E-state index in [4.69, 9.17) is 16.3 Å². The Morgan fingerprint density at radius 1 is 1.06 bits per heavy atom. The first-order valence-electron chi connectivity index (χ1n) is 10.1. The molecule has 8 nitrogen and oxygen atoms in total. The van der Waals surface area contributed by atoms with Crippen LogP contribution >= 0.6 is 22.9 Å². The molecule has 0 aliphatic carbocycles. The zero-order valence-electron chi connectivity index (χ0n) is 17.9. The smallest absolute Gasteiger partial charge is 0.348 e. The number of ether oxygens (including phenoxy) is 1.